The molecule has 1 rings (SSSR count). The molecule has 0 spiro atoms. The van der Waals surface area contributed by atoms with E-state index in [4.69, 9.17) is 23.1 Å². The zero-order valence-electron chi connectivity index (χ0n) is 7.44. The molecule has 0 aliphatic heterocycles. The molecule has 0 saturated heterocycles. The predicted octanol–water partition coefficient (Wildman–Crippen LogP) is -0.971. The zero-order valence-corrected chi connectivity index (χ0v) is 8.19. The molecule has 0 unspecified atom stereocenters. The van der Waals surface area contributed by atoms with Crippen molar-refractivity contribution < 1.29 is 4.79 Å². The van der Waals surface area contributed by atoms with Gasteiger partial charge in [0, 0.05) is 7.05 Å². The summed E-state index contributed by atoms with van der Waals surface area (Å²) in [7, 11) is 1.59. The number of carbonyl (C=O) groups excluding carboxylic acids is 1. The fourth-order valence-electron chi connectivity index (χ4n) is 0.830. The van der Waals surface area contributed by atoms with Gasteiger partial charge in [-0.3, -0.25) is 4.79 Å². The van der Waals surface area contributed by atoms with Crippen molar-refractivity contribution in [2.75, 3.05) is 24.2 Å². The quantitative estimate of drug-likeness (QED) is 0.673. The van der Waals surface area contributed by atoms with Gasteiger partial charge in [0.25, 0.3) is 0 Å². The van der Waals surface area contributed by atoms with Crippen molar-refractivity contribution in [3.8, 4) is 0 Å². The van der Waals surface area contributed by atoms with E-state index in [1.54, 1.807) is 7.05 Å². The number of nitrogen functional groups attached to an aromatic ring is 1. The molecule has 0 fully saturated rings. The van der Waals surface area contributed by atoms with E-state index in [2.05, 4.69) is 15.0 Å². The fourth-order valence-corrected chi connectivity index (χ4v) is 0.992. The maximum absolute atomic E-state index is 10.6. The number of hydrogen-bond donors (Lipinski definition) is 2. The first kappa shape index (κ1) is 10.5. The maximum Gasteiger partial charge on any atom is 0.237 e. The number of nitrogens with zero attached hydrogens (tertiary/aromatic N) is 4. The summed E-state index contributed by atoms with van der Waals surface area (Å²) >= 11 is 5.55. The van der Waals surface area contributed by atoms with Crippen molar-refractivity contribution in [1.82, 2.24) is 15.0 Å². The third-order valence-corrected chi connectivity index (χ3v) is 1.52. The van der Waals surface area contributed by atoms with E-state index in [9.17, 15) is 4.79 Å². The summed E-state index contributed by atoms with van der Waals surface area (Å²) in [5.74, 6) is -0.291. The first-order valence-electron chi connectivity index (χ1n) is 3.65. The van der Waals surface area contributed by atoms with Crippen molar-refractivity contribution in [1.29, 1.82) is 0 Å². The lowest BCUT2D eigenvalue weighted by Gasteiger charge is -2.14. The van der Waals surface area contributed by atoms with Crippen LogP contribution in [0.3, 0.4) is 0 Å². The molecule has 1 heterocycles. The second-order valence-electron chi connectivity index (χ2n) is 2.59. The van der Waals surface area contributed by atoms with Crippen LogP contribution in [0.15, 0.2) is 0 Å². The van der Waals surface area contributed by atoms with E-state index in [-0.39, 0.29) is 23.7 Å². The minimum Gasteiger partial charge on any atom is -0.368 e. The molecule has 0 aliphatic rings. The smallest absolute Gasteiger partial charge is 0.237 e. The third-order valence-electron chi connectivity index (χ3n) is 1.35. The van der Waals surface area contributed by atoms with Gasteiger partial charge in [-0.25, -0.2) is 0 Å². The molecule has 8 heteroatoms. The second-order valence-corrected chi connectivity index (χ2v) is 2.92. The Labute approximate surface area is 85.1 Å². The Bertz CT molecular complexity index is 336. The molecular weight excluding hydrogens is 208 g/mol. The number of halogens is 1. The minimum atomic E-state index is -0.498. The number of anilines is 2. The maximum atomic E-state index is 10.6. The van der Waals surface area contributed by atoms with Crippen LogP contribution in [0, 0.1) is 0 Å². The molecule has 0 bridgehead atoms. The number of rotatable bonds is 3. The highest BCUT2D eigenvalue weighted by Gasteiger charge is 2.09. The van der Waals surface area contributed by atoms with E-state index in [1.165, 1.54) is 4.90 Å². The summed E-state index contributed by atoms with van der Waals surface area (Å²) in [5.41, 5.74) is 10.3. The highest BCUT2D eigenvalue weighted by atomic mass is 35.5. The predicted molar refractivity (Wildman–Crippen MR) is 51.7 cm³/mol. The molecule has 0 aliphatic carbocycles. The number of nitrogens with two attached hydrogens (primary N) is 2. The lowest BCUT2D eigenvalue weighted by atomic mass is 10.5. The van der Waals surface area contributed by atoms with Crippen LogP contribution < -0.4 is 16.4 Å². The van der Waals surface area contributed by atoms with E-state index >= 15 is 0 Å². The summed E-state index contributed by atoms with van der Waals surface area (Å²) in [4.78, 5) is 23.1. The van der Waals surface area contributed by atoms with Gasteiger partial charge in [0.05, 0.1) is 6.54 Å². The molecule has 0 radical (unpaired) electrons. The number of amides is 1. The monoisotopic (exact) mass is 216 g/mol. The van der Waals surface area contributed by atoms with E-state index in [1.807, 2.05) is 0 Å². The van der Waals surface area contributed by atoms with Crippen LogP contribution >= 0.6 is 11.6 Å². The molecule has 1 aromatic heterocycles. The van der Waals surface area contributed by atoms with Gasteiger partial charge in [0.1, 0.15) is 0 Å². The van der Waals surface area contributed by atoms with Gasteiger partial charge in [-0.05, 0) is 11.6 Å². The molecule has 4 N–H and O–H groups in total. The van der Waals surface area contributed by atoms with Gasteiger partial charge < -0.3 is 16.4 Å². The zero-order chi connectivity index (χ0) is 10.7. The van der Waals surface area contributed by atoms with Gasteiger partial charge in [0.15, 0.2) is 0 Å². The van der Waals surface area contributed by atoms with Gasteiger partial charge in [-0.15, -0.1) is 0 Å². The van der Waals surface area contributed by atoms with Crippen molar-refractivity contribution in [3.63, 3.8) is 0 Å². The summed E-state index contributed by atoms with van der Waals surface area (Å²) in [6.07, 6.45) is 0. The summed E-state index contributed by atoms with van der Waals surface area (Å²) < 4.78 is 0. The lowest BCUT2D eigenvalue weighted by molar-refractivity contribution is -0.116. The Morgan fingerprint density at radius 2 is 2.14 bits per heavy atom. The van der Waals surface area contributed by atoms with Crippen LogP contribution in [0.1, 0.15) is 0 Å². The van der Waals surface area contributed by atoms with Crippen molar-refractivity contribution >= 4 is 29.4 Å². The minimum absolute atomic E-state index is 0.00341. The molecular formula is C6H9ClN6O. The molecule has 0 atom stereocenters. The summed E-state index contributed by atoms with van der Waals surface area (Å²) in [5, 5.41) is -0.0242. The van der Waals surface area contributed by atoms with Gasteiger partial charge in [0.2, 0.25) is 23.1 Å². The number of hydrogen-bond acceptors (Lipinski definition) is 6. The van der Waals surface area contributed by atoms with Crippen LogP contribution in [-0.4, -0.2) is 34.5 Å². The normalized spacial score (nSPS) is 9.86. The van der Waals surface area contributed by atoms with Crippen molar-refractivity contribution in [2.45, 2.75) is 0 Å². The molecule has 0 saturated carbocycles. The number of likely N-dealkylation sites (N-methyl/N-ethyl adjacent to an activating group) is 1. The highest BCUT2D eigenvalue weighted by molar-refractivity contribution is 6.28. The molecule has 1 aromatic rings. The van der Waals surface area contributed by atoms with Crippen LogP contribution in [0.5, 0.6) is 0 Å². The highest BCUT2D eigenvalue weighted by Crippen LogP contribution is 2.09. The Morgan fingerprint density at radius 3 is 2.64 bits per heavy atom. The number of primary amides is 1. The summed E-state index contributed by atoms with van der Waals surface area (Å²) in [6.45, 7) is -0.0141. The molecule has 76 valence electrons. The standard InChI is InChI=1S/C6H9ClN6O/c1-13(2-3(8)14)6-11-4(7)10-5(9)12-6/h2H2,1H3,(H2,8,14)(H2,9,10,11,12). The van der Waals surface area contributed by atoms with E-state index in [0.29, 0.717) is 0 Å². The largest absolute Gasteiger partial charge is 0.368 e. The average Bonchev–Trinajstić information content (AvgIpc) is 2.00. The Hall–Kier alpha value is -1.63. The van der Waals surface area contributed by atoms with Crippen LogP contribution in [0.25, 0.3) is 0 Å². The third kappa shape index (κ3) is 2.70. The van der Waals surface area contributed by atoms with Crippen molar-refractivity contribution in [3.05, 3.63) is 5.28 Å². The van der Waals surface area contributed by atoms with Gasteiger partial charge in [-0.1, -0.05) is 0 Å². The Kier molecular flexibility index (Phi) is 3.03. The van der Waals surface area contributed by atoms with Gasteiger partial charge >= 0.3 is 0 Å². The first-order chi connectivity index (χ1) is 6.49. The molecule has 0 aromatic carbocycles. The number of carbonyl (C=O) groups is 1. The van der Waals surface area contributed by atoms with Crippen LogP contribution in [0.4, 0.5) is 11.9 Å². The topological polar surface area (TPSA) is 111 Å². The number of aromatic nitrogens is 3. The van der Waals surface area contributed by atoms with E-state index < -0.39 is 5.91 Å². The Morgan fingerprint density at radius 1 is 1.50 bits per heavy atom. The first-order valence-corrected chi connectivity index (χ1v) is 4.03. The van der Waals surface area contributed by atoms with Gasteiger partial charge in [-0.2, -0.15) is 15.0 Å². The lowest BCUT2D eigenvalue weighted by Crippen LogP contribution is -2.31. The van der Waals surface area contributed by atoms with E-state index in [0.717, 1.165) is 0 Å². The average molecular weight is 217 g/mol. The fraction of sp³-hybridized carbons (Fsp3) is 0.333. The SMILES string of the molecule is CN(CC(N)=O)c1nc(N)nc(Cl)n1. The van der Waals surface area contributed by atoms with Crippen LogP contribution in [-0.2, 0) is 4.79 Å². The van der Waals surface area contributed by atoms with Crippen LogP contribution in [0.2, 0.25) is 5.28 Å². The summed E-state index contributed by atoms with van der Waals surface area (Å²) in [6, 6.07) is 0. The molecule has 1 amide bonds. The molecule has 14 heavy (non-hydrogen) atoms. The second kappa shape index (κ2) is 4.05. The Balaban J connectivity index is 2.89. The molecule has 7 nitrogen and oxygen atoms in total. The van der Waals surface area contributed by atoms with Crippen molar-refractivity contribution in [2.24, 2.45) is 5.73 Å².